The Bertz CT molecular complexity index is 612. The molecule has 0 amide bonds. The Labute approximate surface area is 112 Å². The zero-order valence-electron chi connectivity index (χ0n) is 11.0. The van der Waals surface area contributed by atoms with Crippen molar-refractivity contribution >= 4 is 11.4 Å². The Hall–Kier alpha value is -2.34. The molecule has 0 aliphatic carbocycles. The van der Waals surface area contributed by atoms with Crippen LogP contribution >= 0.6 is 0 Å². The number of benzene rings is 2. The fraction of sp³-hybridized carbons (Fsp3) is 0.188. The van der Waals surface area contributed by atoms with Crippen LogP contribution in [0.3, 0.4) is 0 Å². The molecule has 0 aliphatic rings. The molecule has 0 bridgehead atoms. The molecule has 2 nitrogen and oxygen atoms in total. The Balaban J connectivity index is 2.51. The minimum atomic E-state index is -0.260. The number of halogens is 1. The summed E-state index contributed by atoms with van der Waals surface area (Å²) < 4.78 is 13.0. The van der Waals surface area contributed by atoms with Gasteiger partial charge in [-0.3, -0.25) is 0 Å². The fourth-order valence-corrected chi connectivity index (χ4v) is 2.07. The first-order valence-electron chi connectivity index (χ1n) is 6.19. The van der Waals surface area contributed by atoms with Gasteiger partial charge in [-0.2, -0.15) is 5.26 Å². The average molecular weight is 254 g/mol. The molecule has 0 saturated heterocycles. The van der Waals surface area contributed by atoms with Crippen LogP contribution in [0.25, 0.3) is 0 Å². The smallest absolute Gasteiger partial charge is 0.123 e. The van der Waals surface area contributed by atoms with Gasteiger partial charge in [-0.05, 0) is 55.8 Å². The highest BCUT2D eigenvalue weighted by atomic mass is 19.1. The van der Waals surface area contributed by atoms with Crippen molar-refractivity contribution in [2.45, 2.75) is 13.8 Å². The van der Waals surface area contributed by atoms with Crippen LogP contribution in [-0.2, 0) is 0 Å². The summed E-state index contributed by atoms with van der Waals surface area (Å²) in [5, 5.41) is 9.21. The minimum absolute atomic E-state index is 0.260. The number of anilines is 2. The summed E-state index contributed by atoms with van der Waals surface area (Å²) in [4.78, 5) is 2.00. The first-order chi connectivity index (χ1) is 9.15. The molecule has 0 saturated carbocycles. The van der Waals surface area contributed by atoms with Crippen molar-refractivity contribution in [2.24, 2.45) is 0 Å². The van der Waals surface area contributed by atoms with Gasteiger partial charge < -0.3 is 4.90 Å². The van der Waals surface area contributed by atoms with Crippen LogP contribution in [-0.4, -0.2) is 6.54 Å². The highest BCUT2D eigenvalue weighted by Crippen LogP contribution is 2.29. The summed E-state index contributed by atoms with van der Waals surface area (Å²) in [6.07, 6.45) is 0. The number of nitriles is 1. The van der Waals surface area contributed by atoms with E-state index in [2.05, 4.69) is 6.07 Å². The number of hydrogen-bond acceptors (Lipinski definition) is 2. The predicted molar refractivity (Wildman–Crippen MR) is 75.0 cm³/mol. The Morgan fingerprint density at radius 3 is 2.42 bits per heavy atom. The van der Waals surface area contributed by atoms with E-state index >= 15 is 0 Å². The van der Waals surface area contributed by atoms with Crippen molar-refractivity contribution < 1.29 is 4.39 Å². The monoisotopic (exact) mass is 254 g/mol. The summed E-state index contributed by atoms with van der Waals surface area (Å²) in [6, 6.07) is 14.2. The van der Waals surface area contributed by atoms with Crippen LogP contribution in [0.2, 0.25) is 0 Å². The van der Waals surface area contributed by atoms with Gasteiger partial charge in [0.1, 0.15) is 11.9 Å². The third-order valence-corrected chi connectivity index (χ3v) is 3.02. The zero-order chi connectivity index (χ0) is 13.8. The molecule has 0 N–H and O–H groups in total. The van der Waals surface area contributed by atoms with E-state index in [4.69, 9.17) is 0 Å². The van der Waals surface area contributed by atoms with Gasteiger partial charge in [-0.1, -0.05) is 6.07 Å². The van der Waals surface area contributed by atoms with E-state index in [0.717, 1.165) is 16.9 Å². The van der Waals surface area contributed by atoms with Gasteiger partial charge in [0.05, 0.1) is 11.3 Å². The maximum absolute atomic E-state index is 13.0. The molecule has 2 rings (SSSR count). The number of hydrogen-bond donors (Lipinski definition) is 0. The summed E-state index contributed by atoms with van der Waals surface area (Å²) in [7, 11) is 0. The quantitative estimate of drug-likeness (QED) is 0.822. The number of aryl methyl sites for hydroxylation is 1. The van der Waals surface area contributed by atoms with E-state index in [9.17, 15) is 9.65 Å². The molecule has 0 aromatic heterocycles. The van der Waals surface area contributed by atoms with Crippen molar-refractivity contribution in [3.05, 3.63) is 59.4 Å². The van der Waals surface area contributed by atoms with Crippen LogP contribution in [0.15, 0.2) is 42.5 Å². The van der Waals surface area contributed by atoms with E-state index in [1.165, 1.54) is 12.1 Å². The molecule has 19 heavy (non-hydrogen) atoms. The first-order valence-corrected chi connectivity index (χ1v) is 6.19. The molecule has 96 valence electrons. The molecule has 0 heterocycles. The molecule has 2 aromatic carbocycles. The van der Waals surface area contributed by atoms with Crippen molar-refractivity contribution in [1.82, 2.24) is 0 Å². The molecule has 0 spiro atoms. The number of rotatable bonds is 3. The molecule has 2 aromatic rings. The van der Waals surface area contributed by atoms with Gasteiger partial charge in [0.2, 0.25) is 0 Å². The molecular formula is C16H15FN2. The summed E-state index contributed by atoms with van der Waals surface area (Å²) in [6.45, 7) is 4.71. The molecule has 0 radical (unpaired) electrons. The summed E-state index contributed by atoms with van der Waals surface area (Å²) in [5.74, 6) is -0.260. The average Bonchev–Trinajstić information content (AvgIpc) is 2.42. The summed E-state index contributed by atoms with van der Waals surface area (Å²) in [5.41, 5.74) is 3.45. The third kappa shape index (κ3) is 2.74. The first kappa shape index (κ1) is 13.1. The van der Waals surface area contributed by atoms with Gasteiger partial charge in [-0.15, -0.1) is 0 Å². The standard InChI is InChI=1S/C16H15FN2/c1-3-19(15-8-6-14(17)7-9-15)16-10-12(2)4-5-13(16)11-18/h4-10H,3H2,1-2H3. The SMILES string of the molecule is CCN(c1ccc(F)cc1)c1cc(C)ccc1C#N. The summed E-state index contributed by atoms with van der Waals surface area (Å²) >= 11 is 0. The molecule has 3 heteroatoms. The van der Waals surface area contributed by atoms with Crippen LogP contribution in [0.5, 0.6) is 0 Å². The maximum atomic E-state index is 13.0. The van der Waals surface area contributed by atoms with Crippen LogP contribution in [0, 0.1) is 24.1 Å². The van der Waals surface area contributed by atoms with E-state index in [1.54, 1.807) is 12.1 Å². The predicted octanol–water partition coefficient (Wildman–Crippen LogP) is 4.16. The van der Waals surface area contributed by atoms with Gasteiger partial charge in [0.25, 0.3) is 0 Å². The minimum Gasteiger partial charge on any atom is -0.341 e. The van der Waals surface area contributed by atoms with Crippen molar-refractivity contribution in [1.29, 1.82) is 5.26 Å². The van der Waals surface area contributed by atoms with Crippen LogP contribution in [0.1, 0.15) is 18.1 Å². The van der Waals surface area contributed by atoms with Gasteiger partial charge in [0.15, 0.2) is 0 Å². The molecule has 0 atom stereocenters. The highest BCUT2D eigenvalue weighted by Gasteiger charge is 2.12. The second-order valence-electron chi connectivity index (χ2n) is 4.35. The Morgan fingerprint density at radius 1 is 1.16 bits per heavy atom. The molecular weight excluding hydrogens is 239 g/mol. The third-order valence-electron chi connectivity index (χ3n) is 3.02. The lowest BCUT2D eigenvalue weighted by Gasteiger charge is -2.24. The van der Waals surface area contributed by atoms with Crippen molar-refractivity contribution in [3.8, 4) is 6.07 Å². The maximum Gasteiger partial charge on any atom is 0.123 e. The largest absolute Gasteiger partial charge is 0.341 e. The molecule has 0 fully saturated rings. The lowest BCUT2D eigenvalue weighted by molar-refractivity contribution is 0.628. The highest BCUT2D eigenvalue weighted by molar-refractivity contribution is 5.69. The van der Waals surface area contributed by atoms with E-state index < -0.39 is 0 Å². The van der Waals surface area contributed by atoms with Gasteiger partial charge in [0, 0.05) is 12.2 Å². The lowest BCUT2D eigenvalue weighted by Crippen LogP contribution is -2.17. The van der Waals surface area contributed by atoms with E-state index in [1.807, 2.05) is 36.9 Å². The van der Waals surface area contributed by atoms with Crippen LogP contribution < -0.4 is 4.90 Å². The lowest BCUT2D eigenvalue weighted by atomic mass is 10.1. The Kier molecular flexibility index (Phi) is 3.82. The van der Waals surface area contributed by atoms with Crippen LogP contribution in [0.4, 0.5) is 15.8 Å². The van der Waals surface area contributed by atoms with E-state index in [-0.39, 0.29) is 5.82 Å². The molecule has 0 aliphatic heterocycles. The van der Waals surface area contributed by atoms with Crippen molar-refractivity contribution in [3.63, 3.8) is 0 Å². The second kappa shape index (κ2) is 5.53. The fourth-order valence-electron chi connectivity index (χ4n) is 2.07. The van der Waals surface area contributed by atoms with Crippen molar-refractivity contribution in [2.75, 3.05) is 11.4 Å². The zero-order valence-corrected chi connectivity index (χ0v) is 11.0. The normalized spacial score (nSPS) is 10.0. The van der Waals surface area contributed by atoms with Gasteiger partial charge in [-0.25, -0.2) is 4.39 Å². The topological polar surface area (TPSA) is 27.0 Å². The Morgan fingerprint density at radius 2 is 1.84 bits per heavy atom. The number of nitrogens with zero attached hydrogens (tertiary/aromatic N) is 2. The van der Waals surface area contributed by atoms with E-state index in [0.29, 0.717) is 12.1 Å². The van der Waals surface area contributed by atoms with Gasteiger partial charge >= 0.3 is 0 Å². The molecule has 0 unspecified atom stereocenters. The second-order valence-corrected chi connectivity index (χ2v) is 4.35.